The van der Waals surface area contributed by atoms with Gasteiger partial charge in [0, 0.05) is 31.0 Å². The number of hydrogen-bond donors (Lipinski definition) is 0. The Hall–Kier alpha value is -3.62. The van der Waals surface area contributed by atoms with Crippen molar-refractivity contribution in [2.45, 2.75) is 126 Å². The molecule has 0 saturated heterocycles. The van der Waals surface area contributed by atoms with E-state index in [4.69, 9.17) is 9.40 Å². The molecule has 0 spiro atoms. The van der Waals surface area contributed by atoms with E-state index in [0.717, 1.165) is 80.2 Å². The van der Waals surface area contributed by atoms with Crippen LogP contribution in [0.1, 0.15) is 131 Å². The molecule has 4 fully saturated rings. The highest BCUT2D eigenvalue weighted by Crippen LogP contribution is 2.71. The molecule has 5 aliphatic carbocycles. The zero-order valence-corrected chi connectivity index (χ0v) is 32.2. The van der Waals surface area contributed by atoms with Crippen LogP contribution >= 0.6 is 0 Å². The monoisotopic (exact) mass is 692 g/mol. The predicted octanol–water partition coefficient (Wildman–Crippen LogP) is 8.18. The first-order valence-electron chi connectivity index (χ1n) is 19.4. The van der Waals surface area contributed by atoms with Crippen LogP contribution in [0.25, 0.3) is 0 Å². The minimum absolute atomic E-state index is 0.103. The molecule has 0 radical (unpaired) electrons. The molecule has 0 amide bonds. The molecule has 0 bridgehead atoms. The van der Waals surface area contributed by atoms with Gasteiger partial charge in [-0.25, -0.2) is 4.98 Å². The first-order chi connectivity index (χ1) is 24.0. The molecule has 7 nitrogen and oxygen atoms in total. The molecule has 0 N–H and O–H groups in total. The van der Waals surface area contributed by atoms with E-state index in [-0.39, 0.29) is 46.9 Å². The van der Waals surface area contributed by atoms with Crippen LogP contribution in [0.4, 0.5) is 0 Å². The van der Waals surface area contributed by atoms with Crippen molar-refractivity contribution in [3.8, 4) is 6.07 Å². The number of pyridine rings is 1. The van der Waals surface area contributed by atoms with Gasteiger partial charge in [0.05, 0.1) is 12.0 Å². The highest BCUT2D eigenvalue weighted by atomic mass is 16.5. The Labute approximate surface area is 305 Å². The maximum Gasteiger partial charge on any atom is 0.314 e. The van der Waals surface area contributed by atoms with E-state index in [0.29, 0.717) is 35.8 Å². The molecular formula is C44H58N3O4+. The van der Waals surface area contributed by atoms with Gasteiger partial charge in [0.2, 0.25) is 0 Å². The Balaban J connectivity index is 1.32. The smallest absolute Gasteiger partial charge is 0.314 e. The topological polar surface area (TPSA) is 111 Å². The molecule has 1 heterocycles. The van der Waals surface area contributed by atoms with Crippen LogP contribution in [0.2, 0.25) is 0 Å². The number of hydrogen-bond acceptors (Lipinski definition) is 6. The van der Waals surface area contributed by atoms with Gasteiger partial charge in [0.15, 0.2) is 5.78 Å². The molecule has 51 heavy (non-hydrogen) atoms. The van der Waals surface area contributed by atoms with Gasteiger partial charge in [0.1, 0.15) is 29.6 Å². The predicted molar refractivity (Wildman–Crippen MR) is 201 cm³/mol. The van der Waals surface area contributed by atoms with Gasteiger partial charge in [-0.05, 0) is 121 Å². The fourth-order valence-electron chi connectivity index (χ4n) is 12.3. The summed E-state index contributed by atoms with van der Waals surface area (Å²) in [6.07, 6.45) is 13.3. The Morgan fingerprint density at radius 1 is 1.12 bits per heavy atom. The summed E-state index contributed by atoms with van der Waals surface area (Å²) in [5.74, 6) is 2.30. The third kappa shape index (κ3) is 6.10. The zero-order chi connectivity index (χ0) is 37.1. The molecular weight excluding hydrogens is 635 g/mol. The molecule has 5 aliphatic rings. The standard InChI is InChI=1S/C44H58N3O4/c1-10-37(47-28(5)29-11-12-30(23-45)46-24-29)44-20-16-33-31(40(44)39(26(2)3)34(49)21-44)13-14-36-42(8)19-17-35(51-38(50)22-41(6,7)25-48)27(4)32(42)15-18-43(33,36)9/h10-12,24-27,31-33,35-36H,1,13-22H2,2-9H3/q+1. The van der Waals surface area contributed by atoms with Crippen LogP contribution in [-0.4, -0.2) is 40.6 Å². The fraction of sp³-hybridized carbons (Fsp3) is 0.659. The molecule has 7 heteroatoms. The summed E-state index contributed by atoms with van der Waals surface area (Å²) in [7, 11) is 0. The van der Waals surface area contributed by atoms with Crippen molar-refractivity contribution in [3.05, 3.63) is 53.4 Å². The molecule has 0 aliphatic heterocycles. The number of ether oxygens (including phenoxy) is 1. The average molecular weight is 693 g/mol. The number of aldehydes is 1. The highest BCUT2D eigenvalue weighted by Gasteiger charge is 2.66. The summed E-state index contributed by atoms with van der Waals surface area (Å²) in [6.45, 7) is 21.6. The van der Waals surface area contributed by atoms with Crippen molar-refractivity contribution in [1.29, 1.82) is 5.26 Å². The lowest BCUT2D eigenvalue weighted by atomic mass is 9.38. The first kappa shape index (κ1) is 37.1. The second-order valence-corrected chi connectivity index (χ2v) is 18.2. The normalized spacial score (nSPS) is 35.7. The SMILES string of the molecule is C=CC(=[N+]=C(C)c1ccc(C#N)nc1)C12CCC3C(CCC4C3(C)CCC3C(C)C(OC(=O)CC(C)(C)C=O)CCC34C)C1=C(C(C)C)C(=O)C2. The Bertz CT molecular complexity index is 1760. The van der Waals surface area contributed by atoms with Crippen molar-refractivity contribution >= 4 is 29.5 Å². The average Bonchev–Trinajstić information content (AvgIpc) is 3.41. The summed E-state index contributed by atoms with van der Waals surface area (Å²) in [5, 5.41) is 9.24. The number of carbonyl (C=O) groups excluding carboxylic acids is 3. The van der Waals surface area contributed by atoms with Gasteiger partial charge in [-0.1, -0.05) is 59.7 Å². The van der Waals surface area contributed by atoms with Crippen LogP contribution in [-0.2, 0) is 19.1 Å². The van der Waals surface area contributed by atoms with Crippen molar-refractivity contribution in [1.82, 2.24) is 9.65 Å². The van der Waals surface area contributed by atoms with Gasteiger partial charge < -0.3 is 9.53 Å². The highest BCUT2D eigenvalue weighted by molar-refractivity contribution is 6.13. The van der Waals surface area contributed by atoms with Gasteiger partial charge in [0.25, 0.3) is 0 Å². The molecule has 6 rings (SSSR count). The number of fused-ring (bicyclic) bond motifs is 7. The number of allylic oxidation sites excluding steroid dienone is 3. The van der Waals surface area contributed by atoms with E-state index in [1.54, 1.807) is 26.1 Å². The summed E-state index contributed by atoms with van der Waals surface area (Å²) in [6, 6.07) is 5.70. The maximum atomic E-state index is 14.1. The number of ketones is 1. The van der Waals surface area contributed by atoms with Crippen molar-refractivity contribution in [2.75, 3.05) is 0 Å². The van der Waals surface area contributed by atoms with Crippen LogP contribution in [0.5, 0.6) is 0 Å². The second kappa shape index (κ2) is 13.4. The second-order valence-electron chi connectivity index (χ2n) is 18.2. The Morgan fingerprint density at radius 3 is 2.43 bits per heavy atom. The molecule has 1 aromatic heterocycles. The van der Waals surface area contributed by atoms with E-state index >= 15 is 0 Å². The Kier molecular flexibility index (Phi) is 9.77. The first-order valence-corrected chi connectivity index (χ1v) is 19.4. The molecule has 9 unspecified atom stereocenters. The molecule has 272 valence electrons. The number of nitriles is 1. The van der Waals surface area contributed by atoms with E-state index in [2.05, 4.69) is 52.3 Å². The lowest BCUT2D eigenvalue weighted by Crippen LogP contribution is -2.61. The maximum absolute atomic E-state index is 14.1. The van der Waals surface area contributed by atoms with E-state index in [1.165, 1.54) is 5.57 Å². The van der Waals surface area contributed by atoms with Crippen LogP contribution in [0.15, 0.2) is 42.1 Å². The summed E-state index contributed by atoms with van der Waals surface area (Å²) >= 11 is 0. The third-order valence-electron chi connectivity index (χ3n) is 14.6. The van der Waals surface area contributed by atoms with Gasteiger partial charge in [-0.15, -0.1) is 0 Å². The number of aromatic nitrogens is 1. The van der Waals surface area contributed by atoms with Crippen LogP contribution in [0.3, 0.4) is 0 Å². The minimum atomic E-state index is -0.709. The summed E-state index contributed by atoms with van der Waals surface area (Å²) < 4.78 is 11.3. The number of carbonyl (C=O) groups is 3. The molecule has 9 atom stereocenters. The van der Waals surface area contributed by atoms with Crippen molar-refractivity contribution in [2.24, 2.45) is 57.2 Å². The summed E-state index contributed by atoms with van der Waals surface area (Å²) in [5.41, 5.74) is 4.49. The van der Waals surface area contributed by atoms with Crippen molar-refractivity contribution in [3.63, 3.8) is 0 Å². The molecule has 0 aromatic carbocycles. The quantitative estimate of drug-likeness (QED) is 0.118. The number of Topliss-reactive ketones (excluding diaryl/α,β-unsaturated/α-hetero) is 1. The van der Waals surface area contributed by atoms with E-state index < -0.39 is 10.8 Å². The van der Waals surface area contributed by atoms with Gasteiger partial charge in [-0.2, -0.15) is 5.26 Å². The van der Waals surface area contributed by atoms with E-state index in [1.807, 2.05) is 19.1 Å². The van der Waals surface area contributed by atoms with Crippen LogP contribution < -0.4 is 4.67 Å². The Morgan fingerprint density at radius 2 is 1.80 bits per heavy atom. The fourth-order valence-corrected chi connectivity index (χ4v) is 12.3. The largest absolute Gasteiger partial charge is 0.462 e. The lowest BCUT2D eigenvalue weighted by Gasteiger charge is -2.67. The summed E-state index contributed by atoms with van der Waals surface area (Å²) in [4.78, 5) is 42.8. The van der Waals surface area contributed by atoms with Crippen molar-refractivity contribution < 1.29 is 19.1 Å². The third-order valence-corrected chi connectivity index (χ3v) is 14.6. The molecule has 4 saturated carbocycles. The van der Waals surface area contributed by atoms with Gasteiger partial charge >= 0.3 is 17.4 Å². The van der Waals surface area contributed by atoms with E-state index in [9.17, 15) is 19.6 Å². The number of esters is 1. The number of rotatable bonds is 8. The van der Waals surface area contributed by atoms with Gasteiger partial charge in [-0.3, -0.25) is 9.59 Å². The minimum Gasteiger partial charge on any atom is -0.462 e. The molecule has 1 aromatic rings. The zero-order valence-electron chi connectivity index (χ0n) is 32.2. The lowest BCUT2D eigenvalue weighted by molar-refractivity contribution is -0.190. The number of nitrogens with zero attached hydrogens (tertiary/aromatic N) is 3. The van der Waals surface area contributed by atoms with Crippen LogP contribution in [0, 0.1) is 68.5 Å².